The average Bonchev–Trinajstić information content (AvgIpc) is 2.39. The molecule has 0 atom stereocenters. The van der Waals surface area contributed by atoms with Crippen molar-refractivity contribution in [2.24, 2.45) is 0 Å². The lowest BCUT2D eigenvalue weighted by Crippen LogP contribution is -2.04. The maximum Gasteiger partial charge on any atom is 0.158 e. The minimum atomic E-state index is 0.322. The Morgan fingerprint density at radius 3 is 2.53 bits per heavy atom. The fraction of sp³-hybridized carbons (Fsp3) is 0.231. The summed E-state index contributed by atoms with van der Waals surface area (Å²) in [6, 6.07) is 9.19. The van der Waals surface area contributed by atoms with Crippen LogP contribution in [-0.2, 0) is 11.3 Å². The first kappa shape index (κ1) is 13.1. The smallest absolute Gasteiger partial charge is 0.158 e. The van der Waals surface area contributed by atoms with Gasteiger partial charge in [-0.1, -0.05) is 0 Å². The van der Waals surface area contributed by atoms with Gasteiger partial charge in [0.05, 0.1) is 7.11 Å². The zero-order valence-electron chi connectivity index (χ0n) is 10.9. The zero-order chi connectivity index (χ0) is 13.7. The van der Waals surface area contributed by atoms with E-state index in [1.165, 1.54) is 0 Å². The fourth-order valence-electron chi connectivity index (χ4n) is 1.60. The number of ether oxygens (including phenoxy) is 2. The van der Waals surface area contributed by atoms with Gasteiger partial charge in [0, 0.05) is 18.9 Å². The quantitative estimate of drug-likeness (QED) is 0.855. The molecule has 1 heterocycles. The van der Waals surface area contributed by atoms with Gasteiger partial charge in [0.25, 0.3) is 0 Å². The van der Waals surface area contributed by atoms with E-state index < -0.39 is 0 Å². The molecule has 0 aliphatic heterocycles. The molecule has 3 N–H and O–H groups in total. The molecule has 0 amide bonds. The molecule has 100 valence electrons. The summed E-state index contributed by atoms with van der Waals surface area (Å²) in [6.45, 7) is 0.322. The van der Waals surface area contributed by atoms with Gasteiger partial charge in [-0.15, -0.1) is 0 Å². The van der Waals surface area contributed by atoms with Crippen LogP contribution in [0.3, 0.4) is 0 Å². The largest absolute Gasteiger partial charge is 0.497 e. The molecule has 0 fully saturated rings. The van der Waals surface area contributed by atoms with Crippen LogP contribution in [0, 0.1) is 0 Å². The van der Waals surface area contributed by atoms with Crippen molar-refractivity contribution in [3.63, 3.8) is 0 Å². The van der Waals surface area contributed by atoms with E-state index in [0.717, 1.165) is 11.4 Å². The lowest BCUT2D eigenvalue weighted by Gasteiger charge is -2.08. The second-order valence-electron chi connectivity index (χ2n) is 3.88. The predicted molar refractivity (Wildman–Crippen MR) is 73.4 cm³/mol. The summed E-state index contributed by atoms with van der Waals surface area (Å²) >= 11 is 0. The third kappa shape index (κ3) is 3.56. The highest BCUT2D eigenvalue weighted by molar-refractivity contribution is 5.59. The highest BCUT2D eigenvalue weighted by Crippen LogP contribution is 2.19. The number of nitrogens with zero attached hydrogens (tertiary/aromatic N) is 2. The fourth-order valence-corrected chi connectivity index (χ4v) is 1.60. The van der Waals surface area contributed by atoms with Gasteiger partial charge < -0.3 is 20.5 Å². The minimum absolute atomic E-state index is 0.322. The second kappa shape index (κ2) is 6.01. The summed E-state index contributed by atoms with van der Waals surface area (Å²) in [5.41, 5.74) is 6.61. The number of hydrogen-bond acceptors (Lipinski definition) is 6. The first-order valence-electron chi connectivity index (χ1n) is 5.74. The first-order chi connectivity index (χ1) is 9.21. The van der Waals surface area contributed by atoms with Crippen LogP contribution in [0.5, 0.6) is 5.75 Å². The molecule has 19 heavy (non-hydrogen) atoms. The summed E-state index contributed by atoms with van der Waals surface area (Å²) in [7, 11) is 3.22. The number of hydrogen-bond donors (Lipinski definition) is 2. The van der Waals surface area contributed by atoms with Crippen LogP contribution in [-0.4, -0.2) is 24.2 Å². The molecule has 0 aliphatic rings. The average molecular weight is 260 g/mol. The van der Waals surface area contributed by atoms with Crippen molar-refractivity contribution in [3.05, 3.63) is 36.2 Å². The Bertz CT molecular complexity index is 543. The van der Waals surface area contributed by atoms with E-state index in [4.69, 9.17) is 15.2 Å². The van der Waals surface area contributed by atoms with Crippen LogP contribution >= 0.6 is 0 Å². The lowest BCUT2D eigenvalue weighted by atomic mass is 10.3. The van der Waals surface area contributed by atoms with Crippen molar-refractivity contribution >= 4 is 17.3 Å². The second-order valence-corrected chi connectivity index (χ2v) is 3.88. The lowest BCUT2D eigenvalue weighted by molar-refractivity contribution is 0.178. The minimum Gasteiger partial charge on any atom is -0.497 e. The van der Waals surface area contributed by atoms with E-state index in [-0.39, 0.29) is 0 Å². The highest BCUT2D eigenvalue weighted by atomic mass is 16.5. The highest BCUT2D eigenvalue weighted by Gasteiger charge is 2.03. The van der Waals surface area contributed by atoms with Crippen LogP contribution in [0.2, 0.25) is 0 Å². The number of anilines is 3. The molecule has 6 nitrogen and oxygen atoms in total. The topological polar surface area (TPSA) is 82.3 Å². The van der Waals surface area contributed by atoms with Gasteiger partial charge in [-0.3, -0.25) is 0 Å². The van der Waals surface area contributed by atoms with E-state index in [2.05, 4.69) is 15.3 Å². The molecular formula is C13H16N4O2. The number of nitrogens with two attached hydrogens (primary N) is 1. The van der Waals surface area contributed by atoms with Gasteiger partial charge in [-0.05, 0) is 24.3 Å². The molecule has 0 radical (unpaired) electrons. The van der Waals surface area contributed by atoms with Gasteiger partial charge in [-0.2, -0.15) is 0 Å². The molecule has 6 heteroatoms. The normalized spacial score (nSPS) is 10.2. The summed E-state index contributed by atoms with van der Waals surface area (Å²) in [6.07, 6.45) is 0. The number of aromatic nitrogens is 2. The van der Waals surface area contributed by atoms with E-state index in [0.29, 0.717) is 24.1 Å². The van der Waals surface area contributed by atoms with Gasteiger partial charge in [0.1, 0.15) is 24.0 Å². The Kier molecular flexibility index (Phi) is 4.15. The van der Waals surface area contributed by atoms with Crippen LogP contribution in [0.1, 0.15) is 5.82 Å². The van der Waals surface area contributed by atoms with Crippen molar-refractivity contribution < 1.29 is 9.47 Å². The van der Waals surface area contributed by atoms with Crippen LogP contribution in [0.25, 0.3) is 0 Å². The molecule has 0 spiro atoms. The zero-order valence-corrected chi connectivity index (χ0v) is 10.9. The molecule has 1 aromatic heterocycles. The van der Waals surface area contributed by atoms with Crippen molar-refractivity contribution in [3.8, 4) is 5.75 Å². The molecule has 0 unspecified atom stereocenters. The molecule has 0 aliphatic carbocycles. The van der Waals surface area contributed by atoms with Crippen LogP contribution in [0.15, 0.2) is 30.3 Å². The summed E-state index contributed by atoms with van der Waals surface area (Å²) < 4.78 is 10.1. The van der Waals surface area contributed by atoms with Crippen molar-refractivity contribution in [1.82, 2.24) is 9.97 Å². The van der Waals surface area contributed by atoms with Gasteiger partial charge in [-0.25, -0.2) is 9.97 Å². The van der Waals surface area contributed by atoms with Crippen molar-refractivity contribution in [2.45, 2.75) is 6.61 Å². The summed E-state index contributed by atoms with van der Waals surface area (Å²) in [5.74, 6) is 2.37. The van der Waals surface area contributed by atoms with Crippen LogP contribution in [0.4, 0.5) is 17.3 Å². The van der Waals surface area contributed by atoms with E-state index in [1.807, 2.05) is 24.3 Å². The Hall–Kier alpha value is -2.34. The summed E-state index contributed by atoms with van der Waals surface area (Å²) in [4.78, 5) is 8.38. The molecule has 1 aromatic carbocycles. The van der Waals surface area contributed by atoms with Gasteiger partial charge >= 0.3 is 0 Å². The first-order valence-corrected chi connectivity index (χ1v) is 5.74. The molecule has 2 rings (SSSR count). The number of nitrogen functional groups attached to an aromatic ring is 1. The molecule has 2 aromatic rings. The monoisotopic (exact) mass is 260 g/mol. The summed E-state index contributed by atoms with van der Waals surface area (Å²) in [5, 5.41) is 3.15. The van der Waals surface area contributed by atoms with E-state index in [1.54, 1.807) is 20.3 Å². The number of methoxy groups -OCH3 is 2. The van der Waals surface area contributed by atoms with Gasteiger partial charge in [0.2, 0.25) is 0 Å². The van der Waals surface area contributed by atoms with Gasteiger partial charge in [0.15, 0.2) is 5.82 Å². The third-order valence-electron chi connectivity index (χ3n) is 2.43. The maximum absolute atomic E-state index is 5.72. The van der Waals surface area contributed by atoms with E-state index >= 15 is 0 Å². The Labute approximate surface area is 111 Å². The SMILES string of the molecule is COCc1nc(N)cc(Nc2ccc(OC)cc2)n1. The predicted octanol–water partition coefficient (Wildman–Crippen LogP) is 1.96. The van der Waals surface area contributed by atoms with Crippen molar-refractivity contribution in [1.29, 1.82) is 0 Å². The Balaban J connectivity index is 2.17. The maximum atomic E-state index is 5.72. The molecule has 0 saturated carbocycles. The van der Waals surface area contributed by atoms with Crippen molar-refractivity contribution in [2.75, 3.05) is 25.3 Å². The Morgan fingerprint density at radius 2 is 1.89 bits per heavy atom. The van der Waals surface area contributed by atoms with Crippen LogP contribution < -0.4 is 15.8 Å². The molecular weight excluding hydrogens is 244 g/mol. The molecule has 0 bridgehead atoms. The Morgan fingerprint density at radius 1 is 1.16 bits per heavy atom. The number of benzene rings is 1. The molecule has 0 saturated heterocycles. The van der Waals surface area contributed by atoms with E-state index in [9.17, 15) is 0 Å². The number of rotatable bonds is 5. The number of nitrogens with one attached hydrogen (secondary N) is 1. The standard InChI is InChI=1S/C13H16N4O2/c1-18-8-13-16-11(14)7-12(17-13)15-9-3-5-10(19-2)6-4-9/h3-7H,8H2,1-2H3,(H3,14,15,16,17). The third-order valence-corrected chi connectivity index (χ3v) is 2.43.